The molecule has 1 saturated heterocycles. The minimum absolute atomic E-state index is 0.117. The average Bonchev–Trinajstić information content (AvgIpc) is 1.36. The number of allylic oxidation sites excluding steroid dienone is 7. The monoisotopic (exact) mass is 1240 g/mol. The van der Waals surface area contributed by atoms with Crippen LogP contribution in [0.1, 0.15) is 367 Å². The molecule has 88 heavy (non-hydrogen) atoms. The van der Waals surface area contributed by atoms with E-state index in [2.05, 4.69) is 62.5 Å². The number of rotatable bonds is 66. The highest BCUT2D eigenvalue weighted by molar-refractivity contribution is 5.80. The number of hydrogen-bond acceptors (Lipinski definition) is 10. The van der Waals surface area contributed by atoms with Gasteiger partial charge in [-0.2, -0.15) is 0 Å². The number of carbonyl (C=O) groups is 2. The van der Waals surface area contributed by atoms with Gasteiger partial charge < -0.3 is 45.1 Å². The van der Waals surface area contributed by atoms with Gasteiger partial charge in [0, 0.05) is 6.42 Å². The SMILES string of the molecule is CCCCC/C=C\C/C=C\C/C=C\CCCCCCCCCCC(=O)OC1C(OCC(NC(=O)C(O)CCCCCCCCCCCCCCCCCCCCCCCCCCCC)C(O)/C=C/CCCCCCCCCCCC)OC(CO)C(O)C1O. The summed E-state index contributed by atoms with van der Waals surface area (Å²) in [5.74, 6) is -1.19. The first-order valence-corrected chi connectivity index (χ1v) is 37.9. The van der Waals surface area contributed by atoms with Crippen LogP contribution in [-0.4, -0.2) is 99.6 Å². The maximum atomic E-state index is 13.5. The zero-order valence-electron chi connectivity index (χ0n) is 57.6. The number of amides is 1. The molecule has 516 valence electrons. The number of nitrogens with one attached hydrogen (secondary N) is 1. The number of esters is 1. The van der Waals surface area contributed by atoms with Gasteiger partial charge in [0.15, 0.2) is 12.4 Å². The molecule has 0 aromatic carbocycles. The molecule has 1 amide bonds. The summed E-state index contributed by atoms with van der Waals surface area (Å²) < 4.78 is 17.7. The second-order valence-corrected chi connectivity index (χ2v) is 26.4. The summed E-state index contributed by atoms with van der Waals surface area (Å²) in [6.07, 6.45) is 71.6. The molecule has 0 aliphatic carbocycles. The highest BCUT2D eigenvalue weighted by atomic mass is 16.7. The van der Waals surface area contributed by atoms with Crippen molar-refractivity contribution in [3.63, 3.8) is 0 Å². The van der Waals surface area contributed by atoms with Gasteiger partial charge in [-0.25, -0.2) is 0 Å². The molecular formula is C77H143NO10. The van der Waals surface area contributed by atoms with E-state index in [9.17, 15) is 35.1 Å². The fourth-order valence-electron chi connectivity index (χ4n) is 12.0. The minimum Gasteiger partial charge on any atom is -0.454 e. The fraction of sp³-hybridized carbons (Fsp3) is 0.870. The normalized spacial score (nSPS) is 18.4. The van der Waals surface area contributed by atoms with Crippen LogP contribution in [0.5, 0.6) is 0 Å². The van der Waals surface area contributed by atoms with Crippen molar-refractivity contribution in [1.29, 1.82) is 0 Å². The number of aliphatic hydroxyl groups is 5. The van der Waals surface area contributed by atoms with Crippen LogP contribution < -0.4 is 5.32 Å². The summed E-state index contributed by atoms with van der Waals surface area (Å²) in [5.41, 5.74) is 0. The number of ether oxygens (including phenoxy) is 3. The van der Waals surface area contributed by atoms with Crippen LogP contribution in [0.2, 0.25) is 0 Å². The van der Waals surface area contributed by atoms with Crippen molar-refractivity contribution in [2.75, 3.05) is 13.2 Å². The average molecular weight is 1240 g/mol. The van der Waals surface area contributed by atoms with Crippen LogP contribution in [0.15, 0.2) is 48.6 Å². The topological polar surface area (TPSA) is 175 Å². The van der Waals surface area contributed by atoms with Crippen LogP contribution in [0.25, 0.3) is 0 Å². The third-order valence-corrected chi connectivity index (χ3v) is 18.0. The predicted molar refractivity (Wildman–Crippen MR) is 370 cm³/mol. The first-order chi connectivity index (χ1) is 43.2. The summed E-state index contributed by atoms with van der Waals surface area (Å²) in [4.78, 5) is 26.7. The molecule has 0 aromatic heterocycles. The van der Waals surface area contributed by atoms with Crippen LogP contribution in [0.3, 0.4) is 0 Å². The summed E-state index contributed by atoms with van der Waals surface area (Å²) in [6, 6.07) is -1.02. The van der Waals surface area contributed by atoms with Gasteiger partial charge in [0.05, 0.1) is 25.4 Å². The first-order valence-electron chi connectivity index (χ1n) is 37.9. The number of carbonyl (C=O) groups excluding carboxylic acids is 2. The number of hydrogen-bond donors (Lipinski definition) is 6. The first kappa shape index (κ1) is 83.6. The van der Waals surface area contributed by atoms with Gasteiger partial charge in [-0.1, -0.05) is 345 Å². The van der Waals surface area contributed by atoms with Gasteiger partial charge in [-0.3, -0.25) is 9.59 Å². The Bertz CT molecular complexity index is 1620. The molecule has 11 heteroatoms. The zero-order valence-corrected chi connectivity index (χ0v) is 57.6. The standard InChI is InChI=1S/C77H143NO10/c1-4-7-10-13-16-19-22-25-27-29-31-33-34-35-36-37-39-40-42-44-46-49-52-55-58-61-64-70(81)76(85)78-68(69(80)63-60-57-54-51-48-24-21-18-15-12-9-6-3)67-86-77-75(74(84)73(83)71(66-79)87-77)88-72(82)65-62-59-56-53-50-47-45-43-41-38-32-30-28-26-23-20-17-14-11-8-5-2/h17,20,26,28,32,38,60,63,68-71,73-75,77,79-81,83-84H,4-16,18-19,21-25,27,29-31,33-37,39-59,61-62,64-67H2,1-3H3,(H,78,85)/b20-17-,28-26-,38-32-,63-60+. The summed E-state index contributed by atoms with van der Waals surface area (Å²) >= 11 is 0. The van der Waals surface area contributed by atoms with Crippen molar-refractivity contribution in [3.05, 3.63) is 48.6 Å². The third-order valence-electron chi connectivity index (χ3n) is 18.0. The smallest absolute Gasteiger partial charge is 0.306 e. The van der Waals surface area contributed by atoms with Crippen molar-refractivity contribution in [2.45, 2.75) is 416 Å². The van der Waals surface area contributed by atoms with Crippen molar-refractivity contribution < 1.29 is 49.3 Å². The summed E-state index contributed by atoms with van der Waals surface area (Å²) in [6.45, 7) is 5.82. The van der Waals surface area contributed by atoms with Crippen LogP contribution in [-0.2, 0) is 23.8 Å². The lowest BCUT2D eigenvalue weighted by Gasteiger charge is -2.41. The molecular weight excluding hydrogens is 1100 g/mol. The van der Waals surface area contributed by atoms with E-state index in [0.29, 0.717) is 19.3 Å². The lowest BCUT2D eigenvalue weighted by molar-refractivity contribution is -0.305. The molecule has 11 nitrogen and oxygen atoms in total. The Labute approximate surface area is 542 Å². The van der Waals surface area contributed by atoms with Gasteiger partial charge in [-0.05, 0) is 64.2 Å². The quantitative estimate of drug-likeness (QED) is 0.0195. The summed E-state index contributed by atoms with van der Waals surface area (Å²) in [7, 11) is 0. The second-order valence-electron chi connectivity index (χ2n) is 26.4. The van der Waals surface area contributed by atoms with Crippen molar-refractivity contribution >= 4 is 11.9 Å². The lowest BCUT2D eigenvalue weighted by atomic mass is 9.99. The molecule has 6 N–H and O–H groups in total. The molecule has 1 rings (SSSR count). The van der Waals surface area contributed by atoms with Gasteiger partial charge >= 0.3 is 5.97 Å². The molecule has 8 unspecified atom stereocenters. The van der Waals surface area contributed by atoms with E-state index >= 15 is 0 Å². The molecule has 1 fully saturated rings. The second kappa shape index (κ2) is 64.7. The zero-order chi connectivity index (χ0) is 63.9. The molecule has 0 bridgehead atoms. The molecule has 0 aromatic rings. The predicted octanol–water partition coefficient (Wildman–Crippen LogP) is 19.9. The van der Waals surface area contributed by atoms with Crippen LogP contribution in [0, 0.1) is 0 Å². The molecule has 1 heterocycles. The Kier molecular flexibility index (Phi) is 61.5. The maximum Gasteiger partial charge on any atom is 0.306 e. The maximum absolute atomic E-state index is 13.5. The van der Waals surface area contributed by atoms with E-state index in [1.165, 1.54) is 238 Å². The Balaban J connectivity index is 2.52. The van der Waals surface area contributed by atoms with Crippen LogP contribution >= 0.6 is 0 Å². The third kappa shape index (κ3) is 51.2. The van der Waals surface area contributed by atoms with E-state index in [4.69, 9.17) is 14.2 Å². The number of unbranched alkanes of at least 4 members (excludes halogenated alkanes) is 46. The minimum atomic E-state index is -1.62. The molecule has 8 atom stereocenters. The number of aliphatic hydroxyl groups excluding tert-OH is 5. The van der Waals surface area contributed by atoms with E-state index in [1.54, 1.807) is 6.08 Å². The van der Waals surface area contributed by atoms with E-state index in [-0.39, 0.29) is 13.0 Å². The Morgan fingerprint density at radius 1 is 0.443 bits per heavy atom. The van der Waals surface area contributed by atoms with Crippen molar-refractivity contribution in [2.24, 2.45) is 0 Å². The van der Waals surface area contributed by atoms with E-state index in [0.717, 1.165) is 83.5 Å². The molecule has 0 spiro atoms. The van der Waals surface area contributed by atoms with Gasteiger partial charge in [0.25, 0.3) is 0 Å². The van der Waals surface area contributed by atoms with Crippen molar-refractivity contribution in [1.82, 2.24) is 5.32 Å². The Morgan fingerprint density at radius 2 is 0.784 bits per heavy atom. The molecule has 0 radical (unpaired) electrons. The van der Waals surface area contributed by atoms with Crippen LogP contribution in [0.4, 0.5) is 0 Å². The lowest BCUT2D eigenvalue weighted by Crippen LogP contribution is -2.61. The summed E-state index contributed by atoms with van der Waals surface area (Å²) in [5, 5.41) is 57.3. The molecule has 1 aliphatic rings. The fourth-order valence-corrected chi connectivity index (χ4v) is 12.0. The van der Waals surface area contributed by atoms with E-state index in [1.807, 2.05) is 6.08 Å². The molecule has 0 saturated carbocycles. The largest absolute Gasteiger partial charge is 0.454 e. The van der Waals surface area contributed by atoms with Gasteiger partial charge in [-0.15, -0.1) is 0 Å². The highest BCUT2D eigenvalue weighted by Gasteiger charge is 2.47. The Hall–Kier alpha value is -2.38. The van der Waals surface area contributed by atoms with E-state index < -0.39 is 67.4 Å². The Morgan fingerprint density at radius 3 is 1.19 bits per heavy atom. The van der Waals surface area contributed by atoms with Crippen molar-refractivity contribution in [3.8, 4) is 0 Å². The van der Waals surface area contributed by atoms with Gasteiger partial charge in [0.2, 0.25) is 5.91 Å². The van der Waals surface area contributed by atoms with Gasteiger partial charge in [0.1, 0.15) is 24.4 Å². The molecule has 1 aliphatic heterocycles. The highest BCUT2D eigenvalue weighted by Crippen LogP contribution is 2.27.